The van der Waals surface area contributed by atoms with Crippen molar-refractivity contribution in [3.63, 3.8) is 0 Å². The number of aromatic amines is 1. The van der Waals surface area contributed by atoms with Crippen molar-refractivity contribution in [1.29, 1.82) is 0 Å². The molecule has 184 valence electrons. The highest BCUT2D eigenvalue weighted by atomic mass is 35.5. The number of ether oxygens (including phenoxy) is 1. The second kappa shape index (κ2) is 10.6. The lowest BCUT2D eigenvalue weighted by Crippen LogP contribution is -2.53. The van der Waals surface area contributed by atoms with Crippen molar-refractivity contribution < 1.29 is 22.7 Å². The Bertz CT molecular complexity index is 1140. The molecular formula is C20H24Cl2N6O5S. The van der Waals surface area contributed by atoms with E-state index in [1.165, 1.54) is 26.9 Å². The Morgan fingerprint density at radius 3 is 2.29 bits per heavy atom. The lowest BCUT2D eigenvalue weighted by atomic mass is 10.1. The van der Waals surface area contributed by atoms with E-state index in [2.05, 4.69) is 20.8 Å². The van der Waals surface area contributed by atoms with Crippen LogP contribution in [-0.4, -0.2) is 84.5 Å². The molecule has 11 nitrogen and oxygen atoms in total. The first-order valence-corrected chi connectivity index (χ1v) is 12.8. The molecule has 2 aliphatic heterocycles. The average molecular weight is 531 g/mol. The molecular weight excluding hydrogens is 507 g/mol. The van der Waals surface area contributed by atoms with Gasteiger partial charge in [0.25, 0.3) is 22.0 Å². The molecule has 0 atom stereocenters. The van der Waals surface area contributed by atoms with Crippen molar-refractivity contribution in [2.75, 3.05) is 44.7 Å². The number of piperidine rings is 1. The number of rotatable bonds is 6. The summed E-state index contributed by atoms with van der Waals surface area (Å²) in [5, 5.41) is 12.3. The van der Waals surface area contributed by atoms with Crippen molar-refractivity contribution in [2.24, 2.45) is 0 Å². The van der Waals surface area contributed by atoms with E-state index < -0.39 is 22.0 Å². The third-order valence-corrected chi connectivity index (χ3v) is 8.38. The smallest absolute Gasteiger partial charge is 0.282 e. The number of nitrogens with zero attached hydrogens (tertiary/aromatic N) is 3. The van der Waals surface area contributed by atoms with E-state index in [0.717, 1.165) is 0 Å². The Hall–Kier alpha value is -2.22. The van der Waals surface area contributed by atoms with Crippen LogP contribution in [-0.2, 0) is 14.9 Å². The molecule has 2 amide bonds. The lowest BCUT2D eigenvalue weighted by Gasteiger charge is -2.36. The van der Waals surface area contributed by atoms with Gasteiger partial charge >= 0.3 is 0 Å². The average Bonchev–Trinajstić information content (AvgIpc) is 3.28. The van der Waals surface area contributed by atoms with Crippen LogP contribution < -0.4 is 10.6 Å². The van der Waals surface area contributed by atoms with Gasteiger partial charge in [-0.05, 0) is 25.0 Å². The molecule has 14 heteroatoms. The summed E-state index contributed by atoms with van der Waals surface area (Å²) in [4.78, 5) is 25.5. The molecule has 3 N–H and O–H groups in total. The Balaban J connectivity index is 1.35. The number of carbonyl (C=O) groups is 2. The SMILES string of the molecule is O=C(NC1CCN(S(=O)(=O)N2CCOCC2)CC1)c1[nH]ncc1NC(=O)c1c(Cl)cccc1Cl. The van der Waals surface area contributed by atoms with E-state index in [-0.39, 0.29) is 33.0 Å². The van der Waals surface area contributed by atoms with Crippen molar-refractivity contribution in [2.45, 2.75) is 18.9 Å². The summed E-state index contributed by atoms with van der Waals surface area (Å²) < 4.78 is 33.7. The van der Waals surface area contributed by atoms with E-state index >= 15 is 0 Å². The third-order valence-electron chi connectivity index (χ3n) is 5.72. The van der Waals surface area contributed by atoms with Crippen molar-refractivity contribution in [3.8, 4) is 0 Å². The molecule has 0 spiro atoms. The van der Waals surface area contributed by atoms with Crippen LogP contribution in [0.5, 0.6) is 0 Å². The third kappa shape index (κ3) is 5.37. The number of aromatic nitrogens is 2. The number of carbonyl (C=O) groups excluding carboxylic acids is 2. The predicted octanol–water partition coefficient (Wildman–Crippen LogP) is 1.74. The maximum absolute atomic E-state index is 12.8. The monoisotopic (exact) mass is 530 g/mol. The second-order valence-electron chi connectivity index (χ2n) is 7.88. The molecule has 2 fully saturated rings. The van der Waals surface area contributed by atoms with Gasteiger partial charge in [-0.25, -0.2) is 0 Å². The normalized spacial score (nSPS) is 18.5. The maximum Gasteiger partial charge on any atom is 0.282 e. The van der Waals surface area contributed by atoms with E-state index in [4.69, 9.17) is 27.9 Å². The fourth-order valence-electron chi connectivity index (χ4n) is 3.88. The standard InChI is InChI=1S/C20H24Cl2N6O5S/c21-14-2-1-3-15(22)17(14)19(29)25-16-12-23-26-18(16)20(30)24-13-4-6-27(7-5-13)34(31,32)28-8-10-33-11-9-28/h1-3,12-13H,4-11H2,(H,23,26)(H,24,30)(H,25,29). The van der Waals surface area contributed by atoms with Gasteiger partial charge in [0.15, 0.2) is 0 Å². The lowest BCUT2D eigenvalue weighted by molar-refractivity contribution is 0.0693. The molecule has 0 unspecified atom stereocenters. The van der Waals surface area contributed by atoms with Crippen LogP contribution in [0.25, 0.3) is 0 Å². The molecule has 4 rings (SSSR count). The van der Waals surface area contributed by atoms with Crippen LogP contribution >= 0.6 is 23.2 Å². The van der Waals surface area contributed by atoms with Gasteiger partial charge < -0.3 is 15.4 Å². The number of benzene rings is 1. The number of morpholine rings is 1. The first-order chi connectivity index (χ1) is 16.3. The minimum Gasteiger partial charge on any atom is -0.379 e. The van der Waals surface area contributed by atoms with Gasteiger partial charge in [-0.15, -0.1) is 0 Å². The Morgan fingerprint density at radius 2 is 1.65 bits per heavy atom. The van der Waals surface area contributed by atoms with E-state index in [0.29, 0.717) is 52.2 Å². The first kappa shape index (κ1) is 24.9. The van der Waals surface area contributed by atoms with Gasteiger partial charge in [0.2, 0.25) is 0 Å². The number of H-pyrrole nitrogens is 1. The van der Waals surface area contributed by atoms with Gasteiger partial charge in [-0.3, -0.25) is 14.7 Å². The fraction of sp³-hybridized carbons (Fsp3) is 0.450. The molecule has 2 saturated heterocycles. The summed E-state index contributed by atoms with van der Waals surface area (Å²) in [6.07, 6.45) is 2.23. The highest BCUT2D eigenvalue weighted by Gasteiger charge is 2.34. The van der Waals surface area contributed by atoms with Crippen molar-refractivity contribution >= 4 is 50.9 Å². The quantitative estimate of drug-likeness (QED) is 0.520. The van der Waals surface area contributed by atoms with Gasteiger partial charge in [0.1, 0.15) is 5.69 Å². The Kier molecular flexibility index (Phi) is 7.75. The molecule has 0 radical (unpaired) electrons. The largest absolute Gasteiger partial charge is 0.379 e. The number of halogens is 2. The molecule has 2 aliphatic rings. The van der Waals surface area contributed by atoms with E-state index in [1.807, 2.05) is 0 Å². The molecule has 34 heavy (non-hydrogen) atoms. The minimum atomic E-state index is -3.55. The molecule has 1 aromatic carbocycles. The van der Waals surface area contributed by atoms with E-state index in [1.54, 1.807) is 6.07 Å². The minimum absolute atomic E-state index is 0.0693. The molecule has 0 aliphatic carbocycles. The van der Waals surface area contributed by atoms with Crippen molar-refractivity contribution in [1.82, 2.24) is 24.1 Å². The van der Waals surface area contributed by atoms with Gasteiger partial charge in [-0.1, -0.05) is 29.3 Å². The molecule has 2 aromatic rings. The summed E-state index contributed by atoms with van der Waals surface area (Å²) in [5.74, 6) is -1.04. The van der Waals surface area contributed by atoms with Crippen molar-refractivity contribution in [3.05, 3.63) is 45.7 Å². The zero-order valence-electron chi connectivity index (χ0n) is 18.1. The number of hydrogen-bond donors (Lipinski definition) is 3. The van der Waals surface area contributed by atoms with Crippen LogP contribution in [0.1, 0.15) is 33.7 Å². The number of amides is 2. The van der Waals surface area contributed by atoms with Crippen LogP contribution in [0.2, 0.25) is 10.0 Å². The number of nitrogens with one attached hydrogen (secondary N) is 3. The van der Waals surface area contributed by atoms with Gasteiger partial charge in [0.05, 0.1) is 40.7 Å². The number of hydrogen-bond acceptors (Lipinski definition) is 6. The summed E-state index contributed by atoms with van der Waals surface area (Å²) in [6, 6.07) is 4.47. The zero-order chi connectivity index (χ0) is 24.3. The summed E-state index contributed by atoms with van der Waals surface area (Å²) in [6.45, 7) is 2.04. The van der Waals surface area contributed by atoms with Gasteiger partial charge in [-0.2, -0.15) is 22.1 Å². The second-order valence-corrected chi connectivity index (χ2v) is 10.6. The molecule has 0 saturated carbocycles. The van der Waals surface area contributed by atoms with Crippen LogP contribution in [0.3, 0.4) is 0 Å². The van der Waals surface area contributed by atoms with Crippen LogP contribution in [0.4, 0.5) is 5.69 Å². The Morgan fingerprint density at radius 1 is 1.03 bits per heavy atom. The zero-order valence-corrected chi connectivity index (χ0v) is 20.4. The number of anilines is 1. The predicted molar refractivity (Wildman–Crippen MR) is 126 cm³/mol. The van der Waals surface area contributed by atoms with Crippen LogP contribution in [0.15, 0.2) is 24.4 Å². The maximum atomic E-state index is 12.8. The van der Waals surface area contributed by atoms with E-state index in [9.17, 15) is 18.0 Å². The molecule has 3 heterocycles. The topological polar surface area (TPSA) is 137 Å². The summed E-state index contributed by atoms with van der Waals surface area (Å²) >= 11 is 12.2. The summed E-state index contributed by atoms with van der Waals surface area (Å²) in [7, 11) is -3.55. The summed E-state index contributed by atoms with van der Waals surface area (Å²) in [5.41, 5.74) is 0.331. The molecule has 0 bridgehead atoms. The Labute approximate surface area is 206 Å². The molecule has 1 aromatic heterocycles. The first-order valence-electron chi connectivity index (χ1n) is 10.7. The highest BCUT2D eigenvalue weighted by molar-refractivity contribution is 7.86. The van der Waals surface area contributed by atoms with Crippen LogP contribution in [0, 0.1) is 0 Å². The fourth-order valence-corrected chi connectivity index (χ4v) is 6.06. The highest BCUT2D eigenvalue weighted by Crippen LogP contribution is 2.26. The van der Waals surface area contributed by atoms with Gasteiger partial charge in [0, 0.05) is 32.2 Å².